The first kappa shape index (κ1) is 18.6. The monoisotopic (exact) mass is 329 g/mol. The first-order chi connectivity index (χ1) is 11.5. The molecule has 0 aromatic carbocycles. The number of aromatic nitrogens is 2. The van der Waals surface area contributed by atoms with Crippen molar-refractivity contribution in [2.75, 3.05) is 6.61 Å². The Morgan fingerprint density at radius 2 is 1.62 bits per heavy atom. The Bertz CT molecular complexity index is 861. The number of pyridine rings is 2. The highest BCUT2D eigenvalue weighted by atomic mass is 16.5. The van der Waals surface area contributed by atoms with Crippen LogP contribution in [0.2, 0.25) is 0 Å². The molecule has 0 atom stereocenters. The van der Waals surface area contributed by atoms with Gasteiger partial charge in [-0.05, 0) is 19.1 Å². The van der Waals surface area contributed by atoms with Crippen molar-refractivity contribution in [3.05, 3.63) is 68.5 Å². The van der Waals surface area contributed by atoms with Crippen LogP contribution >= 0.6 is 0 Å². The molecule has 24 heavy (non-hydrogen) atoms. The van der Waals surface area contributed by atoms with Gasteiger partial charge in [-0.1, -0.05) is 0 Å². The number of nitriles is 1. The summed E-state index contributed by atoms with van der Waals surface area (Å²) in [6, 6.07) is 7.08. The van der Waals surface area contributed by atoms with Crippen LogP contribution in [0.3, 0.4) is 0 Å². The molecule has 2 aromatic rings. The van der Waals surface area contributed by atoms with E-state index in [9.17, 15) is 19.2 Å². The van der Waals surface area contributed by atoms with E-state index < -0.39 is 5.97 Å². The zero-order valence-electron chi connectivity index (χ0n) is 12.9. The average molecular weight is 329 g/mol. The van der Waals surface area contributed by atoms with Crippen molar-refractivity contribution < 1.29 is 14.3 Å². The maximum Gasteiger partial charge on any atom is 0.338 e. The predicted octanol–water partition coefficient (Wildman–Crippen LogP) is 1.02. The highest BCUT2D eigenvalue weighted by molar-refractivity contribution is 5.97. The Balaban J connectivity index is 0.000000240. The van der Waals surface area contributed by atoms with Crippen LogP contribution in [0, 0.1) is 11.3 Å². The Hall–Kier alpha value is -3.47. The predicted molar refractivity (Wildman–Crippen MR) is 84.6 cm³/mol. The lowest BCUT2D eigenvalue weighted by Crippen LogP contribution is -2.10. The van der Waals surface area contributed by atoms with Crippen LogP contribution in [0.1, 0.15) is 34.1 Å². The molecule has 0 aliphatic heterocycles. The van der Waals surface area contributed by atoms with Gasteiger partial charge in [0.25, 0.3) is 0 Å². The number of aromatic amines is 2. The lowest BCUT2D eigenvalue weighted by Gasteiger charge is -1.99. The molecule has 0 spiro atoms. The molecule has 2 rings (SSSR count). The summed E-state index contributed by atoms with van der Waals surface area (Å²) in [6.45, 7) is 2.02. The van der Waals surface area contributed by atoms with Crippen LogP contribution < -0.4 is 11.1 Å². The number of carbonyl (C=O) groups excluding carboxylic acids is 2. The molecule has 0 unspecified atom stereocenters. The summed E-state index contributed by atoms with van der Waals surface area (Å²) >= 11 is 0. The Labute approximate surface area is 136 Å². The van der Waals surface area contributed by atoms with Gasteiger partial charge in [-0.15, -0.1) is 0 Å². The SMILES string of the molecule is CCOC(=O)c1cc[nH]c(=O)c1.N#CCC(=O)c1cc[nH]c(=O)c1. The van der Waals surface area contributed by atoms with Crippen molar-refractivity contribution in [3.8, 4) is 6.07 Å². The van der Waals surface area contributed by atoms with Gasteiger partial charge in [0.15, 0.2) is 5.78 Å². The van der Waals surface area contributed by atoms with Crippen LogP contribution in [0.4, 0.5) is 0 Å². The fourth-order valence-corrected chi connectivity index (χ4v) is 1.58. The number of rotatable bonds is 4. The van der Waals surface area contributed by atoms with Gasteiger partial charge >= 0.3 is 5.97 Å². The van der Waals surface area contributed by atoms with E-state index in [0.29, 0.717) is 6.61 Å². The normalized spacial score (nSPS) is 9.17. The fraction of sp³-hybridized carbons (Fsp3) is 0.188. The van der Waals surface area contributed by atoms with E-state index in [0.717, 1.165) is 0 Å². The van der Waals surface area contributed by atoms with Crippen LogP contribution in [0.25, 0.3) is 0 Å². The second-order valence-electron chi connectivity index (χ2n) is 4.36. The van der Waals surface area contributed by atoms with E-state index in [1.165, 1.54) is 36.7 Å². The molecule has 0 saturated carbocycles. The van der Waals surface area contributed by atoms with Crippen LogP contribution in [-0.2, 0) is 4.74 Å². The van der Waals surface area contributed by atoms with E-state index in [1.807, 2.05) is 0 Å². The van der Waals surface area contributed by atoms with Crippen molar-refractivity contribution in [2.24, 2.45) is 0 Å². The third kappa shape index (κ3) is 6.11. The third-order valence-electron chi connectivity index (χ3n) is 2.62. The second-order valence-corrected chi connectivity index (χ2v) is 4.36. The number of nitrogens with zero attached hydrogens (tertiary/aromatic N) is 1. The van der Waals surface area contributed by atoms with E-state index in [1.54, 1.807) is 13.0 Å². The highest BCUT2D eigenvalue weighted by Gasteiger charge is 2.05. The number of hydrogen-bond donors (Lipinski definition) is 2. The third-order valence-corrected chi connectivity index (χ3v) is 2.62. The van der Waals surface area contributed by atoms with Gasteiger partial charge in [-0.3, -0.25) is 14.4 Å². The minimum Gasteiger partial charge on any atom is -0.462 e. The molecule has 8 heteroatoms. The van der Waals surface area contributed by atoms with Crippen LogP contribution in [-0.4, -0.2) is 28.3 Å². The van der Waals surface area contributed by atoms with E-state index in [2.05, 4.69) is 9.97 Å². The maximum absolute atomic E-state index is 11.0. The minimum absolute atomic E-state index is 0.191. The van der Waals surface area contributed by atoms with Gasteiger partial charge in [0, 0.05) is 30.1 Å². The molecule has 2 N–H and O–H groups in total. The zero-order chi connectivity index (χ0) is 17.9. The summed E-state index contributed by atoms with van der Waals surface area (Å²) in [5.74, 6) is -0.799. The lowest BCUT2D eigenvalue weighted by molar-refractivity contribution is 0.0526. The number of ketones is 1. The van der Waals surface area contributed by atoms with Crippen molar-refractivity contribution >= 4 is 11.8 Å². The quantitative estimate of drug-likeness (QED) is 0.635. The molecule has 0 bridgehead atoms. The van der Waals surface area contributed by atoms with Gasteiger partial charge in [-0.25, -0.2) is 4.79 Å². The molecule has 2 aromatic heterocycles. The molecule has 0 saturated heterocycles. The number of H-pyrrole nitrogens is 2. The highest BCUT2D eigenvalue weighted by Crippen LogP contribution is 1.97. The number of nitrogens with one attached hydrogen (secondary N) is 2. The van der Waals surface area contributed by atoms with E-state index in [4.69, 9.17) is 10.00 Å². The summed E-state index contributed by atoms with van der Waals surface area (Å²) < 4.78 is 4.69. The summed E-state index contributed by atoms with van der Waals surface area (Å²) in [5.41, 5.74) is -0.0831. The number of hydrogen-bond acceptors (Lipinski definition) is 6. The van der Waals surface area contributed by atoms with Gasteiger partial charge in [0.05, 0.1) is 24.7 Å². The molecule has 0 aliphatic rings. The molecule has 124 valence electrons. The van der Waals surface area contributed by atoms with Crippen molar-refractivity contribution in [3.63, 3.8) is 0 Å². The number of esters is 1. The minimum atomic E-state index is -0.469. The van der Waals surface area contributed by atoms with Crippen LogP contribution in [0.5, 0.6) is 0 Å². The first-order valence-electron chi connectivity index (χ1n) is 6.92. The maximum atomic E-state index is 11.0. The van der Waals surface area contributed by atoms with Gasteiger partial charge in [0.1, 0.15) is 0 Å². The summed E-state index contributed by atoms with van der Waals surface area (Å²) in [4.78, 5) is 48.3. The second kappa shape index (κ2) is 9.53. The smallest absolute Gasteiger partial charge is 0.338 e. The average Bonchev–Trinajstić information content (AvgIpc) is 2.56. The molecule has 0 radical (unpaired) electrons. The van der Waals surface area contributed by atoms with Gasteiger partial charge in [0.2, 0.25) is 11.1 Å². The van der Waals surface area contributed by atoms with Gasteiger partial charge < -0.3 is 14.7 Å². The Morgan fingerprint density at radius 3 is 2.12 bits per heavy atom. The molecule has 0 aliphatic carbocycles. The van der Waals surface area contributed by atoms with Gasteiger partial charge in [-0.2, -0.15) is 5.26 Å². The standard InChI is InChI=1S/C8H6N2O2.C8H9NO3/c9-3-1-7(11)6-2-4-10-8(12)5-6;1-2-12-8(11)6-3-4-9-7(10)5-6/h2,4-5H,1H2,(H,10,12);3-5H,2H2,1H3,(H,9,10). The van der Waals surface area contributed by atoms with Crippen LogP contribution in [0.15, 0.2) is 46.2 Å². The molecule has 2 heterocycles. The molecular weight excluding hydrogens is 314 g/mol. The number of carbonyl (C=O) groups is 2. The Kier molecular flexibility index (Phi) is 7.38. The van der Waals surface area contributed by atoms with E-state index in [-0.39, 0.29) is 34.4 Å². The summed E-state index contributed by atoms with van der Waals surface area (Å²) in [7, 11) is 0. The number of ether oxygens (including phenoxy) is 1. The summed E-state index contributed by atoms with van der Waals surface area (Å²) in [6.07, 6.45) is 2.60. The van der Waals surface area contributed by atoms with Crippen molar-refractivity contribution in [2.45, 2.75) is 13.3 Å². The van der Waals surface area contributed by atoms with Crippen molar-refractivity contribution in [1.29, 1.82) is 5.26 Å². The summed E-state index contributed by atoms with van der Waals surface area (Å²) in [5, 5.41) is 8.21. The topological polar surface area (TPSA) is 133 Å². The molecule has 0 amide bonds. The molecular formula is C16H15N3O5. The first-order valence-corrected chi connectivity index (χ1v) is 6.92. The largest absolute Gasteiger partial charge is 0.462 e. The Morgan fingerprint density at radius 1 is 1.08 bits per heavy atom. The van der Waals surface area contributed by atoms with Crippen molar-refractivity contribution in [1.82, 2.24) is 9.97 Å². The molecule has 8 nitrogen and oxygen atoms in total. The fourth-order valence-electron chi connectivity index (χ4n) is 1.58. The molecule has 0 fully saturated rings. The zero-order valence-corrected chi connectivity index (χ0v) is 12.9. The van der Waals surface area contributed by atoms with E-state index >= 15 is 0 Å². The lowest BCUT2D eigenvalue weighted by atomic mass is 10.1. The number of Topliss-reactive ketones (excluding diaryl/α,β-unsaturated/α-hetero) is 1.